The Morgan fingerprint density at radius 3 is 2.51 bits per heavy atom. The number of carbonyl (C=O) groups is 1. The molecule has 1 aliphatic heterocycles. The summed E-state index contributed by atoms with van der Waals surface area (Å²) in [4.78, 5) is 26.8. The molecule has 190 valence electrons. The van der Waals surface area contributed by atoms with Gasteiger partial charge in [-0.3, -0.25) is 4.79 Å². The number of hydrogen-bond acceptors (Lipinski definition) is 5. The van der Waals surface area contributed by atoms with Gasteiger partial charge in [-0.2, -0.15) is 0 Å². The van der Waals surface area contributed by atoms with Crippen LogP contribution in [0.5, 0.6) is 5.75 Å². The molecule has 3 rings (SSSR count). The molecular formula is C28H38N2O5. The Morgan fingerprint density at radius 2 is 1.91 bits per heavy atom. The van der Waals surface area contributed by atoms with Crippen molar-refractivity contribution in [1.82, 2.24) is 9.47 Å². The molecule has 0 saturated heterocycles. The molecule has 35 heavy (non-hydrogen) atoms. The number of ether oxygens (including phenoxy) is 2. The van der Waals surface area contributed by atoms with Gasteiger partial charge in [0.1, 0.15) is 11.3 Å². The molecule has 0 amide bonds. The van der Waals surface area contributed by atoms with Crippen LogP contribution in [-0.2, 0) is 4.74 Å². The third-order valence-corrected chi connectivity index (χ3v) is 6.39. The molecule has 2 aromatic rings. The van der Waals surface area contributed by atoms with Crippen molar-refractivity contribution in [2.45, 2.75) is 54.0 Å². The van der Waals surface area contributed by atoms with Gasteiger partial charge in [-0.1, -0.05) is 38.5 Å². The monoisotopic (exact) mass is 482 g/mol. The van der Waals surface area contributed by atoms with Crippen molar-refractivity contribution >= 4 is 17.2 Å². The molecule has 0 spiro atoms. The summed E-state index contributed by atoms with van der Waals surface area (Å²) < 4.78 is 13.6. The van der Waals surface area contributed by atoms with Gasteiger partial charge in [0.25, 0.3) is 0 Å². The highest BCUT2D eigenvalue weighted by Crippen LogP contribution is 2.37. The number of aromatic carboxylic acids is 1. The molecule has 1 aromatic carbocycles. The SMILES string of the molecule is CCOCCCOc1ccc/c(=C2\c3cc(=O)c(C(=O)O)cn3C(C(C)(C)C)CN2C)c1=C(C)C. The third-order valence-electron chi connectivity index (χ3n) is 6.39. The zero-order valence-corrected chi connectivity index (χ0v) is 22.0. The predicted octanol–water partition coefficient (Wildman–Crippen LogP) is 3.23. The average molecular weight is 483 g/mol. The zero-order valence-electron chi connectivity index (χ0n) is 22.0. The molecule has 0 radical (unpaired) electrons. The molecule has 0 saturated carbocycles. The minimum atomic E-state index is -1.21. The number of carboxylic acid groups (broad SMARTS) is 1. The van der Waals surface area contributed by atoms with E-state index in [0.717, 1.165) is 33.9 Å². The van der Waals surface area contributed by atoms with Crippen LogP contribution < -0.4 is 20.6 Å². The molecule has 1 unspecified atom stereocenters. The van der Waals surface area contributed by atoms with Gasteiger partial charge in [0, 0.05) is 55.9 Å². The molecule has 1 N–H and O–H groups in total. The summed E-state index contributed by atoms with van der Waals surface area (Å²) in [5.74, 6) is -0.423. The van der Waals surface area contributed by atoms with Crippen LogP contribution in [0, 0.1) is 5.41 Å². The smallest absolute Gasteiger partial charge is 0.341 e. The van der Waals surface area contributed by atoms with Crippen LogP contribution in [0.3, 0.4) is 0 Å². The second-order valence-electron chi connectivity index (χ2n) is 10.3. The maximum Gasteiger partial charge on any atom is 0.341 e. The first-order valence-electron chi connectivity index (χ1n) is 12.2. The highest BCUT2D eigenvalue weighted by Gasteiger charge is 2.35. The fourth-order valence-electron chi connectivity index (χ4n) is 4.68. The summed E-state index contributed by atoms with van der Waals surface area (Å²) in [5.41, 5.74) is 1.83. The lowest BCUT2D eigenvalue weighted by atomic mass is 9.84. The summed E-state index contributed by atoms with van der Waals surface area (Å²) in [6.45, 7) is 15.0. The molecule has 2 heterocycles. The van der Waals surface area contributed by atoms with Crippen molar-refractivity contribution in [3.05, 3.63) is 62.4 Å². The summed E-state index contributed by atoms with van der Waals surface area (Å²) in [5, 5.41) is 11.6. The van der Waals surface area contributed by atoms with Crippen LogP contribution in [0.25, 0.3) is 11.3 Å². The quantitative estimate of drug-likeness (QED) is 0.611. The van der Waals surface area contributed by atoms with Crippen molar-refractivity contribution in [2.24, 2.45) is 5.41 Å². The van der Waals surface area contributed by atoms with Crippen LogP contribution in [0.4, 0.5) is 0 Å². The molecule has 1 atom stereocenters. The highest BCUT2D eigenvalue weighted by molar-refractivity contribution is 5.87. The van der Waals surface area contributed by atoms with E-state index in [-0.39, 0.29) is 17.0 Å². The molecule has 7 heteroatoms. The summed E-state index contributed by atoms with van der Waals surface area (Å²) in [7, 11) is 2.03. The lowest BCUT2D eigenvalue weighted by Crippen LogP contribution is -2.46. The van der Waals surface area contributed by atoms with Crippen molar-refractivity contribution in [3.8, 4) is 5.75 Å². The number of aromatic nitrogens is 1. The highest BCUT2D eigenvalue weighted by atomic mass is 16.5. The van der Waals surface area contributed by atoms with E-state index in [1.165, 1.54) is 12.3 Å². The van der Waals surface area contributed by atoms with E-state index < -0.39 is 11.4 Å². The Morgan fingerprint density at radius 1 is 1.20 bits per heavy atom. The van der Waals surface area contributed by atoms with Gasteiger partial charge in [-0.25, -0.2) is 4.79 Å². The van der Waals surface area contributed by atoms with Crippen LogP contribution in [0.1, 0.15) is 70.1 Å². The average Bonchev–Trinajstić information content (AvgIpc) is 2.77. The van der Waals surface area contributed by atoms with E-state index in [4.69, 9.17) is 9.47 Å². The van der Waals surface area contributed by atoms with Crippen LogP contribution in [0.15, 0.2) is 35.3 Å². The van der Waals surface area contributed by atoms with Gasteiger partial charge >= 0.3 is 5.97 Å². The molecule has 0 fully saturated rings. The van der Waals surface area contributed by atoms with Gasteiger partial charge in [0.05, 0.1) is 24.0 Å². The normalized spacial score (nSPS) is 17.2. The maximum absolute atomic E-state index is 12.8. The maximum atomic E-state index is 12.8. The molecule has 0 aliphatic carbocycles. The van der Waals surface area contributed by atoms with Crippen molar-refractivity contribution in [2.75, 3.05) is 33.4 Å². The van der Waals surface area contributed by atoms with Gasteiger partial charge in [0.15, 0.2) is 5.43 Å². The zero-order chi connectivity index (χ0) is 25.9. The first-order valence-corrected chi connectivity index (χ1v) is 12.2. The number of likely N-dealkylation sites (N-methyl/N-ethyl adjacent to an activating group) is 1. The van der Waals surface area contributed by atoms with Crippen molar-refractivity contribution in [1.29, 1.82) is 0 Å². The van der Waals surface area contributed by atoms with Crippen molar-refractivity contribution < 1.29 is 19.4 Å². The van der Waals surface area contributed by atoms with Gasteiger partial charge < -0.3 is 24.0 Å². The number of fused-ring (bicyclic) bond motifs is 1. The first-order chi connectivity index (χ1) is 16.5. The molecule has 0 bridgehead atoms. The van der Waals surface area contributed by atoms with Gasteiger partial charge in [-0.15, -0.1) is 0 Å². The lowest BCUT2D eigenvalue weighted by Gasteiger charge is -2.43. The molecule has 7 nitrogen and oxygen atoms in total. The van der Waals surface area contributed by atoms with E-state index in [9.17, 15) is 14.7 Å². The number of pyridine rings is 1. The Bertz CT molecular complexity index is 1270. The Kier molecular flexibility index (Phi) is 8.11. The van der Waals surface area contributed by atoms with Crippen LogP contribution in [0.2, 0.25) is 0 Å². The number of benzene rings is 1. The molecule has 1 aromatic heterocycles. The van der Waals surface area contributed by atoms with E-state index in [1.54, 1.807) is 0 Å². The minimum absolute atomic E-state index is 0.0156. The van der Waals surface area contributed by atoms with E-state index in [1.807, 2.05) is 50.6 Å². The second kappa shape index (κ2) is 10.7. The topological polar surface area (TPSA) is 81.0 Å². The van der Waals surface area contributed by atoms with E-state index >= 15 is 0 Å². The van der Waals surface area contributed by atoms with Crippen molar-refractivity contribution in [3.63, 3.8) is 0 Å². The first kappa shape index (κ1) is 26.5. The van der Waals surface area contributed by atoms with E-state index in [0.29, 0.717) is 32.1 Å². The second-order valence-corrected chi connectivity index (χ2v) is 10.3. The molecular weight excluding hydrogens is 444 g/mol. The Labute approximate surface area is 207 Å². The Hall–Kier alpha value is -3.06. The minimum Gasteiger partial charge on any atom is -0.493 e. The van der Waals surface area contributed by atoms with E-state index in [2.05, 4.69) is 25.7 Å². The van der Waals surface area contributed by atoms with Gasteiger partial charge in [-0.05, 0) is 32.3 Å². The Balaban J connectivity index is 2.31. The number of hydrogen-bond donors (Lipinski definition) is 1. The number of carboxylic acids is 1. The third kappa shape index (κ3) is 5.61. The molecule has 1 aliphatic rings. The largest absolute Gasteiger partial charge is 0.493 e. The van der Waals surface area contributed by atoms with Gasteiger partial charge in [0.2, 0.25) is 0 Å². The summed E-state index contributed by atoms with van der Waals surface area (Å²) >= 11 is 0. The van der Waals surface area contributed by atoms with Crippen LogP contribution >= 0.6 is 0 Å². The summed E-state index contributed by atoms with van der Waals surface area (Å²) in [6.07, 6.45) is 2.30. The number of nitrogens with zero attached hydrogens (tertiary/aromatic N) is 2. The predicted molar refractivity (Wildman–Crippen MR) is 138 cm³/mol. The fraction of sp³-hybridized carbons (Fsp3) is 0.500. The van der Waals surface area contributed by atoms with Crippen LogP contribution in [-0.4, -0.2) is 54.0 Å². The fourth-order valence-corrected chi connectivity index (χ4v) is 4.68. The summed E-state index contributed by atoms with van der Waals surface area (Å²) in [6, 6.07) is 7.42. The number of rotatable bonds is 7. The lowest BCUT2D eigenvalue weighted by molar-refractivity contribution is 0.0693. The standard InChI is InChI=1S/C28H38N2O5/c1-8-34-13-10-14-35-23-12-9-11-19(25(23)18(2)3)26-21-15-22(31)20(27(32)33)16-30(21)24(17-29(26)7)28(4,5)6/h9,11-12,15-16,24H,8,10,13-14,17H2,1-7H3,(H,32,33)/b26-19-.